The Morgan fingerprint density at radius 3 is 2.61 bits per heavy atom. The van der Waals surface area contributed by atoms with Gasteiger partial charge in [-0.3, -0.25) is 4.79 Å². The maximum absolute atomic E-state index is 11.7. The fourth-order valence-corrected chi connectivity index (χ4v) is 2.94. The smallest absolute Gasteiger partial charge is 0.247 e. The average Bonchev–Trinajstić information content (AvgIpc) is 3.14. The van der Waals surface area contributed by atoms with Crippen molar-refractivity contribution in [3.63, 3.8) is 0 Å². The molecule has 6 nitrogen and oxygen atoms in total. The van der Waals surface area contributed by atoms with Crippen LogP contribution < -0.4 is 15.4 Å². The van der Waals surface area contributed by atoms with Crippen molar-refractivity contribution in [1.29, 1.82) is 0 Å². The van der Waals surface area contributed by atoms with Gasteiger partial charge < -0.3 is 15.4 Å². The summed E-state index contributed by atoms with van der Waals surface area (Å²) < 4.78 is 5.80. The Hall–Kier alpha value is -3.93. The van der Waals surface area contributed by atoms with Crippen LogP contribution >= 0.6 is 0 Å². The Balaban J connectivity index is 1.54. The van der Waals surface area contributed by atoms with Crippen molar-refractivity contribution >= 4 is 23.8 Å². The number of nitrogens with zero attached hydrogens (tertiary/aromatic N) is 2. The van der Waals surface area contributed by atoms with E-state index in [4.69, 9.17) is 4.74 Å². The first-order valence-electron chi connectivity index (χ1n) is 8.79. The highest BCUT2D eigenvalue weighted by Crippen LogP contribution is 2.30. The molecule has 0 saturated carbocycles. The predicted molar refractivity (Wildman–Crippen MR) is 110 cm³/mol. The van der Waals surface area contributed by atoms with Gasteiger partial charge in [-0.1, -0.05) is 24.8 Å². The quantitative estimate of drug-likeness (QED) is 0.785. The lowest BCUT2D eigenvalue weighted by molar-refractivity contribution is -0.115. The molecule has 138 valence electrons. The molecule has 0 fully saturated rings. The van der Waals surface area contributed by atoms with Crippen LogP contribution in [0.2, 0.25) is 0 Å². The van der Waals surface area contributed by atoms with E-state index in [1.165, 1.54) is 6.08 Å². The van der Waals surface area contributed by atoms with Crippen molar-refractivity contribution in [2.24, 2.45) is 15.9 Å². The van der Waals surface area contributed by atoms with Gasteiger partial charge in [-0.15, -0.1) is 0 Å². The molecule has 1 heterocycles. The van der Waals surface area contributed by atoms with Gasteiger partial charge in [0.25, 0.3) is 0 Å². The number of hydrogen-bond donors (Lipinski definition) is 2. The summed E-state index contributed by atoms with van der Waals surface area (Å²) >= 11 is 0. The molecule has 0 spiro atoms. The van der Waals surface area contributed by atoms with Gasteiger partial charge in [0.2, 0.25) is 5.91 Å². The zero-order chi connectivity index (χ0) is 19.3. The molecule has 6 heteroatoms. The van der Waals surface area contributed by atoms with E-state index in [-0.39, 0.29) is 11.8 Å². The van der Waals surface area contributed by atoms with Crippen LogP contribution in [0.5, 0.6) is 11.5 Å². The van der Waals surface area contributed by atoms with E-state index >= 15 is 0 Å². The first kappa shape index (κ1) is 17.5. The van der Waals surface area contributed by atoms with Crippen LogP contribution in [0.15, 0.2) is 101 Å². The molecule has 0 aromatic heterocycles. The van der Waals surface area contributed by atoms with Gasteiger partial charge in [-0.2, -0.15) is 0 Å². The number of benzene rings is 2. The second-order valence-electron chi connectivity index (χ2n) is 6.15. The second-order valence-corrected chi connectivity index (χ2v) is 6.15. The first-order valence-corrected chi connectivity index (χ1v) is 8.79. The third kappa shape index (κ3) is 3.76. The number of amidine groups is 1. The highest BCUT2D eigenvalue weighted by atomic mass is 16.5. The Morgan fingerprint density at radius 2 is 1.86 bits per heavy atom. The van der Waals surface area contributed by atoms with Gasteiger partial charge in [0.15, 0.2) is 0 Å². The molecule has 28 heavy (non-hydrogen) atoms. The van der Waals surface area contributed by atoms with E-state index in [2.05, 4.69) is 27.2 Å². The summed E-state index contributed by atoms with van der Waals surface area (Å²) in [4.78, 5) is 20.7. The number of aliphatic imine (C=N–C) groups is 2. The maximum atomic E-state index is 11.7. The summed E-state index contributed by atoms with van der Waals surface area (Å²) in [6, 6.07) is 17.0. The van der Waals surface area contributed by atoms with Crippen molar-refractivity contribution < 1.29 is 9.53 Å². The lowest BCUT2D eigenvalue weighted by atomic mass is 10.0. The lowest BCUT2D eigenvalue weighted by Gasteiger charge is -2.22. The number of ether oxygens (including phenoxy) is 1. The molecule has 1 aliphatic heterocycles. The number of carbonyl (C=O) groups is 1. The van der Waals surface area contributed by atoms with Crippen molar-refractivity contribution in [3.8, 4) is 11.5 Å². The largest absolute Gasteiger partial charge is 0.457 e. The standard InChI is InChI=1S/C22H18N4O2/c1-2-20(27)26-19-13-12-18-21(19)22(24-14-23-18)25-15-8-10-17(11-9-15)28-16-6-4-3-5-7-16/h2-14,21H,1H2,(H,26,27)(H,23,24,25). The number of amides is 1. The van der Waals surface area contributed by atoms with Crippen molar-refractivity contribution in [1.82, 2.24) is 10.6 Å². The molecule has 1 aliphatic carbocycles. The number of rotatable bonds is 5. The highest BCUT2D eigenvalue weighted by Gasteiger charge is 2.31. The molecule has 2 N–H and O–H groups in total. The zero-order valence-corrected chi connectivity index (χ0v) is 15.0. The van der Waals surface area contributed by atoms with Crippen molar-refractivity contribution in [2.45, 2.75) is 0 Å². The second kappa shape index (κ2) is 7.75. The Kier molecular flexibility index (Phi) is 4.84. The molecule has 1 atom stereocenters. The van der Waals surface area contributed by atoms with Gasteiger partial charge in [0.05, 0.1) is 17.9 Å². The fraction of sp³-hybridized carbons (Fsp3) is 0.0455. The van der Waals surface area contributed by atoms with Gasteiger partial charge in [-0.05, 0) is 54.6 Å². The highest BCUT2D eigenvalue weighted by molar-refractivity contribution is 6.01. The molecular formula is C22H18N4O2. The molecule has 0 radical (unpaired) electrons. The van der Waals surface area contributed by atoms with Crippen LogP contribution in [0.4, 0.5) is 5.69 Å². The number of fused-ring (bicyclic) bond motifs is 1. The molecule has 0 bridgehead atoms. The Bertz CT molecular complexity index is 1020. The van der Waals surface area contributed by atoms with Crippen molar-refractivity contribution in [2.75, 3.05) is 0 Å². The van der Waals surface area contributed by atoms with Crippen LogP contribution in [0, 0.1) is 5.92 Å². The number of carbonyl (C=O) groups excluding carboxylic acids is 1. The summed E-state index contributed by atoms with van der Waals surface area (Å²) in [6.07, 6.45) is 6.58. The van der Waals surface area contributed by atoms with Crippen LogP contribution in [0.1, 0.15) is 0 Å². The van der Waals surface area contributed by atoms with E-state index in [9.17, 15) is 4.79 Å². The number of allylic oxidation sites excluding steroid dienone is 2. The predicted octanol–water partition coefficient (Wildman–Crippen LogP) is 3.84. The van der Waals surface area contributed by atoms with Gasteiger partial charge >= 0.3 is 0 Å². The van der Waals surface area contributed by atoms with Crippen LogP contribution in [-0.4, -0.2) is 18.1 Å². The Labute approximate surface area is 162 Å². The van der Waals surface area contributed by atoms with Crippen LogP contribution in [0.25, 0.3) is 0 Å². The number of para-hydroxylation sites is 1. The third-order valence-corrected chi connectivity index (χ3v) is 4.26. The van der Waals surface area contributed by atoms with Gasteiger partial charge in [0.1, 0.15) is 17.3 Å². The minimum atomic E-state index is -0.266. The molecular weight excluding hydrogens is 352 g/mol. The molecule has 1 amide bonds. The minimum absolute atomic E-state index is 0.242. The lowest BCUT2D eigenvalue weighted by Crippen LogP contribution is -2.35. The summed E-state index contributed by atoms with van der Waals surface area (Å²) in [5.74, 6) is 1.59. The number of nitrogens with one attached hydrogen (secondary N) is 2. The third-order valence-electron chi connectivity index (χ3n) is 4.26. The zero-order valence-electron chi connectivity index (χ0n) is 15.0. The SMILES string of the molecule is C=CC(=O)NC1=CC=C2NC=NC(=Nc3ccc(Oc4ccccc4)cc3)C21. The van der Waals surface area contributed by atoms with Crippen LogP contribution in [-0.2, 0) is 4.79 Å². The Morgan fingerprint density at radius 1 is 1.11 bits per heavy atom. The summed E-state index contributed by atoms with van der Waals surface area (Å²) in [6.45, 7) is 3.49. The maximum Gasteiger partial charge on any atom is 0.247 e. The summed E-state index contributed by atoms with van der Waals surface area (Å²) in [7, 11) is 0. The summed E-state index contributed by atoms with van der Waals surface area (Å²) in [5.41, 5.74) is 2.37. The molecule has 1 unspecified atom stereocenters. The van der Waals surface area contributed by atoms with E-state index in [1.54, 1.807) is 6.34 Å². The molecule has 4 rings (SSSR count). The first-order chi connectivity index (χ1) is 13.7. The normalized spacial score (nSPS) is 18.6. The average molecular weight is 370 g/mol. The summed E-state index contributed by atoms with van der Waals surface area (Å²) in [5, 5.41) is 5.91. The molecule has 2 aliphatic rings. The van der Waals surface area contributed by atoms with Gasteiger partial charge in [0, 0.05) is 11.4 Å². The molecule has 2 aromatic carbocycles. The minimum Gasteiger partial charge on any atom is -0.457 e. The van der Waals surface area contributed by atoms with E-state index in [0.717, 1.165) is 22.9 Å². The van der Waals surface area contributed by atoms with Crippen LogP contribution in [0.3, 0.4) is 0 Å². The molecule has 0 saturated heterocycles. The van der Waals surface area contributed by atoms with E-state index < -0.39 is 0 Å². The fourth-order valence-electron chi connectivity index (χ4n) is 2.94. The van der Waals surface area contributed by atoms with E-state index in [1.807, 2.05) is 66.7 Å². The number of hydrogen-bond acceptors (Lipinski definition) is 4. The topological polar surface area (TPSA) is 75.1 Å². The monoisotopic (exact) mass is 370 g/mol. The van der Waals surface area contributed by atoms with Gasteiger partial charge in [-0.25, -0.2) is 9.98 Å². The van der Waals surface area contributed by atoms with Crippen molar-refractivity contribution in [3.05, 3.63) is 90.8 Å². The molecule has 2 aromatic rings. The van der Waals surface area contributed by atoms with E-state index in [0.29, 0.717) is 11.5 Å².